The molecular weight excluding hydrogens is 293 g/mol. The van der Waals surface area contributed by atoms with Gasteiger partial charge in [-0.05, 0) is 51.0 Å². The number of aliphatic hydroxyl groups is 1. The van der Waals surface area contributed by atoms with E-state index in [0.29, 0.717) is 13.1 Å². The van der Waals surface area contributed by atoms with Crippen molar-refractivity contribution in [3.05, 3.63) is 47.0 Å². The first-order valence-electron chi connectivity index (χ1n) is 8.14. The van der Waals surface area contributed by atoms with Gasteiger partial charge in [0.2, 0.25) is 0 Å². The van der Waals surface area contributed by atoms with Crippen LogP contribution < -0.4 is 5.32 Å². The molecule has 2 N–H and O–H groups in total. The van der Waals surface area contributed by atoms with Crippen molar-refractivity contribution in [1.29, 1.82) is 0 Å². The van der Waals surface area contributed by atoms with Crippen molar-refractivity contribution in [3.8, 4) is 5.69 Å². The van der Waals surface area contributed by atoms with Gasteiger partial charge in [0.15, 0.2) is 0 Å². The summed E-state index contributed by atoms with van der Waals surface area (Å²) in [5.74, 6) is -0.254. The Labute approximate surface area is 137 Å². The topological polar surface area (TPSA) is 50.1 Å². The molecule has 0 aliphatic rings. The second kappa shape index (κ2) is 7.23. The highest BCUT2D eigenvalue weighted by molar-refractivity contribution is 5.37. The summed E-state index contributed by atoms with van der Waals surface area (Å²) in [4.78, 5) is 0. The molecule has 0 saturated carbocycles. The van der Waals surface area contributed by atoms with Gasteiger partial charge in [-0.2, -0.15) is 5.10 Å². The minimum Gasteiger partial charge on any atom is -0.389 e. The van der Waals surface area contributed by atoms with Gasteiger partial charge < -0.3 is 10.4 Å². The van der Waals surface area contributed by atoms with E-state index in [1.54, 1.807) is 12.1 Å². The molecule has 0 atom stereocenters. The van der Waals surface area contributed by atoms with Crippen LogP contribution in [0.5, 0.6) is 0 Å². The number of aromatic nitrogens is 2. The summed E-state index contributed by atoms with van der Waals surface area (Å²) in [5, 5.41) is 18.2. The van der Waals surface area contributed by atoms with Crippen LogP contribution in [0.3, 0.4) is 0 Å². The molecule has 1 aromatic heterocycles. The summed E-state index contributed by atoms with van der Waals surface area (Å²) in [6.07, 6.45) is 1.45. The number of halogens is 1. The van der Waals surface area contributed by atoms with Crippen LogP contribution in [-0.4, -0.2) is 27.0 Å². The molecule has 0 radical (unpaired) electrons. The van der Waals surface area contributed by atoms with E-state index in [9.17, 15) is 9.50 Å². The Bertz CT molecular complexity index is 645. The molecule has 4 nitrogen and oxygen atoms in total. The summed E-state index contributed by atoms with van der Waals surface area (Å²) >= 11 is 0. The fourth-order valence-electron chi connectivity index (χ4n) is 2.68. The lowest BCUT2D eigenvalue weighted by Gasteiger charge is -2.25. The van der Waals surface area contributed by atoms with Gasteiger partial charge in [-0.15, -0.1) is 0 Å². The lowest BCUT2D eigenvalue weighted by molar-refractivity contribution is 0.0323. The van der Waals surface area contributed by atoms with Gasteiger partial charge in [0.25, 0.3) is 0 Å². The molecule has 0 amide bonds. The number of nitrogens with zero attached hydrogens (tertiary/aromatic N) is 2. The number of hydrogen-bond donors (Lipinski definition) is 2. The van der Waals surface area contributed by atoms with Crippen molar-refractivity contribution in [1.82, 2.24) is 15.1 Å². The Morgan fingerprint density at radius 2 is 1.78 bits per heavy atom. The van der Waals surface area contributed by atoms with Crippen LogP contribution in [0.4, 0.5) is 4.39 Å². The molecular formula is C18H26FN3O. The number of benzene rings is 1. The number of rotatable bonds is 7. The van der Waals surface area contributed by atoms with Gasteiger partial charge in [-0.1, -0.05) is 13.8 Å². The van der Waals surface area contributed by atoms with Crippen LogP contribution in [0.1, 0.15) is 43.6 Å². The van der Waals surface area contributed by atoms with E-state index < -0.39 is 5.60 Å². The maximum Gasteiger partial charge on any atom is 0.123 e. The molecule has 0 unspecified atom stereocenters. The Morgan fingerprint density at radius 1 is 1.17 bits per heavy atom. The zero-order valence-electron chi connectivity index (χ0n) is 14.4. The average molecular weight is 319 g/mol. The summed E-state index contributed by atoms with van der Waals surface area (Å²) in [7, 11) is 0. The van der Waals surface area contributed by atoms with E-state index in [-0.39, 0.29) is 5.82 Å². The number of nitrogens with one attached hydrogen (secondary N) is 1. The van der Waals surface area contributed by atoms with E-state index >= 15 is 0 Å². The summed E-state index contributed by atoms with van der Waals surface area (Å²) in [6, 6.07) is 6.32. The van der Waals surface area contributed by atoms with Crippen LogP contribution in [0, 0.1) is 19.7 Å². The molecule has 0 bridgehead atoms. The van der Waals surface area contributed by atoms with Gasteiger partial charge in [0.1, 0.15) is 5.82 Å². The first-order valence-corrected chi connectivity index (χ1v) is 8.14. The minimum atomic E-state index is -0.658. The highest BCUT2D eigenvalue weighted by atomic mass is 19.1. The van der Waals surface area contributed by atoms with E-state index in [1.807, 2.05) is 32.4 Å². The average Bonchev–Trinajstić information content (AvgIpc) is 2.83. The maximum absolute atomic E-state index is 13.1. The largest absolute Gasteiger partial charge is 0.389 e. The number of aryl methyl sites for hydroxylation is 1. The highest BCUT2D eigenvalue weighted by Gasteiger charge is 2.22. The van der Waals surface area contributed by atoms with Crippen molar-refractivity contribution in [2.75, 3.05) is 6.54 Å². The standard InChI is InChI=1S/C18H26FN3O/c1-5-18(23,6-2)12-20-11-17-13(3)21-22(14(17)4)16-9-7-15(19)8-10-16/h7-10,20,23H,5-6,11-12H2,1-4H3. The summed E-state index contributed by atoms with van der Waals surface area (Å²) in [6.45, 7) is 9.17. The van der Waals surface area contributed by atoms with Crippen LogP contribution in [0.25, 0.3) is 5.69 Å². The molecule has 0 aliphatic heterocycles. The van der Waals surface area contributed by atoms with Crippen molar-refractivity contribution in [2.45, 2.75) is 52.7 Å². The van der Waals surface area contributed by atoms with Crippen LogP contribution >= 0.6 is 0 Å². The quantitative estimate of drug-likeness (QED) is 0.823. The van der Waals surface area contributed by atoms with Crippen LogP contribution in [0.2, 0.25) is 0 Å². The van der Waals surface area contributed by atoms with Gasteiger partial charge >= 0.3 is 0 Å². The second-order valence-corrected chi connectivity index (χ2v) is 6.07. The fraction of sp³-hybridized carbons (Fsp3) is 0.500. The van der Waals surface area contributed by atoms with Crippen molar-refractivity contribution in [2.24, 2.45) is 0 Å². The fourth-order valence-corrected chi connectivity index (χ4v) is 2.68. The monoisotopic (exact) mass is 319 g/mol. The molecule has 2 aromatic rings. The molecule has 0 saturated heterocycles. The Balaban J connectivity index is 2.13. The van der Waals surface area contributed by atoms with Gasteiger partial charge in [0, 0.05) is 24.3 Å². The highest BCUT2D eigenvalue weighted by Crippen LogP contribution is 2.19. The SMILES string of the molecule is CCC(O)(CC)CNCc1c(C)nn(-c2ccc(F)cc2)c1C. The Morgan fingerprint density at radius 3 is 2.35 bits per heavy atom. The van der Waals surface area contributed by atoms with Gasteiger partial charge in [0.05, 0.1) is 17.0 Å². The van der Waals surface area contributed by atoms with Crippen molar-refractivity contribution < 1.29 is 9.50 Å². The van der Waals surface area contributed by atoms with Crippen LogP contribution in [-0.2, 0) is 6.54 Å². The van der Waals surface area contributed by atoms with E-state index in [1.165, 1.54) is 12.1 Å². The number of hydrogen-bond acceptors (Lipinski definition) is 3. The van der Waals surface area contributed by atoms with E-state index in [2.05, 4.69) is 10.4 Å². The Hall–Kier alpha value is -1.72. The third-order valence-corrected chi connectivity index (χ3v) is 4.58. The lowest BCUT2D eigenvalue weighted by atomic mass is 9.97. The van der Waals surface area contributed by atoms with Crippen molar-refractivity contribution in [3.63, 3.8) is 0 Å². The summed E-state index contributed by atoms with van der Waals surface area (Å²) in [5.41, 5.74) is 3.27. The molecule has 0 spiro atoms. The maximum atomic E-state index is 13.1. The molecule has 5 heteroatoms. The van der Waals surface area contributed by atoms with Crippen molar-refractivity contribution >= 4 is 0 Å². The second-order valence-electron chi connectivity index (χ2n) is 6.07. The van der Waals surface area contributed by atoms with Gasteiger partial charge in [-0.3, -0.25) is 0 Å². The molecule has 0 aliphatic carbocycles. The summed E-state index contributed by atoms with van der Waals surface area (Å²) < 4.78 is 14.9. The molecule has 0 fully saturated rings. The predicted octanol–water partition coefficient (Wildman–Crippen LogP) is 3.27. The zero-order chi connectivity index (χ0) is 17.0. The third kappa shape index (κ3) is 3.98. The molecule has 1 heterocycles. The van der Waals surface area contributed by atoms with E-state index in [0.717, 1.165) is 35.5 Å². The third-order valence-electron chi connectivity index (χ3n) is 4.58. The zero-order valence-corrected chi connectivity index (χ0v) is 14.4. The van der Waals surface area contributed by atoms with Gasteiger partial charge in [-0.25, -0.2) is 9.07 Å². The minimum absolute atomic E-state index is 0.254. The first-order chi connectivity index (χ1) is 10.9. The predicted molar refractivity (Wildman–Crippen MR) is 90.2 cm³/mol. The normalized spacial score (nSPS) is 11.9. The molecule has 2 rings (SSSR count). The molecule has 126 valence electrons. The van der Waals surface area contributed by atoms with E-state index in [4.69, 9.17) is 0 Å². The smallest absolute Gasteiger partial charge is 0.123 e. The molecule has 23 heavy (non-hydrogen) atoms. The first kappa shape index (κ1) is 17.6. The Kier molecular flexibility index (Phi) is 5.55. The lowest BCUT2D eigenvalue weighted by Crippen LogP contribution is -2.39. The van der Waals surface area contributed by atoms with Crippen LogP contribution in [0.15, 0.2) is 24.3 Å². The molecule has 1 aromatic carbocycles.